The van der Waals surface area contributed by atoms with Gasteiger partial charge in [-0.1, -0.05) is 30.3 Å². The van der Waals surface area contributed by atoms with E-state index in [9.17, 15) is 4.79 Å². The molecule has 16 heavy (non-hydrogen) atoms. The SMILES string of the molecule is NC(=O)CCCCNCCc1ccccc1. The average Bonchev–Trinajstić information content (AvgIpc) is 2.29. The third kappa shape index (κ3) is 6.19. The van der Waals surface area contributed by atoms with Crippen LogP contribution < -0.4 is 11.1 Å². The van der Waals surface area contributed by atoms with Gasteiger partial charge >= 0.3 is 0 Å². The fourth-order valence-corrected chi connectivity index (χ4v) is 1.55. The van der Waals surface area contributed by atoms with Crippen molar-refractivity contribution in [2.24, 2.45) is 5.73 Å². The Balaban J connectivity index is 1.94. The molecular weight excluding hydrogens is 200 g/mol. The van der Waals surface area contributed by atoms with Crippen molar-refractivity contribution in [3.63, 3.8) is 0 Å². The number of hydrogen-bond acceptors (Lipinski definition) is 2. The van der Waals surface area contributed by atoms with Crippen molar-refractivity contribution >= 4 is 5.91 Å². The number of rotatable bonds is 8. The van der Waals surface area contributed by atoms with Crippen molar-refractivity contribution in [2.45, 2.75) is 25.7 Å². The monoisotopic (exact) mass is 220 g/mol. The molecule has 1 aromatic rings. The molecule has 0 aliphatic carbocycles. The number of benzene rings is 1. The Bertz CT molecular complexity index is 298. The summed E-state index contributed by atoms with van der Waals surface area (Å²) in [4.78, 5) is 10.5. The molecule has 1 rings (SSSR count). The van der Waals surface area contributed by atoms with Crippen LogP contribution in [0.1, 0.15) is 24.8 Å². The van der Waals surface area contributed by atoms with Crippen molar-refractivity contribution in [3.05, 3.63) is 35.9 Å². The lowest BCUT2D eigenvalue weighted by atomic mass is 10.1. The number of amides is 1. The van der Waals surface area contributed by atoms with Gasteiger partial charge in [-0.3, -0.25) is 4.79 Å². The molecule has 0 aliphatic heterocycles. The smallest absolute Gasteiger partial charge is 0.217 e. The number of unbranched alkanes of at least 4 members (excludes halogenated alkanes) is 1. The van der Waals surface area contributed by atoms with E-state index in [1.165, 1.54) is 5.56 Å². The number of carbonyl (C=O) groups is 1. The largest absolute Gasteiger partial charge is 0.370 e. The molecule has 1 amide bonds. The Labute approximate surface area is 97.0 Å². The van der Waals surface area contributed by atoms with E-state index in [-0.39, 0.29) is 5.91 Å². The fourth-order valence-electron chi connectivity index (χ4n) is 1.55. The van der Waals surface area contributed by atoms with Crippen molar-refractivity contribution in [2.75, 3.05) is 13.1 Å². The van der Waals surface area contributed by atoms with Crippen molar-refractivity contribution in [3.8, 4) is 0 Å². The Morgan fingerprint density at radius 1 is 1.12 bits per heavy atom. The first-order valence-corrected chi connectivity index (χ1v) is 5.82. The molecule has 3 nitrogen and oxygen atoms in total. The molecule has 0 unspecified atom stereocenters. The molecule has 0 radical (unpaired) electrons. The first kappa shape index (κ1) is 12.7. The van der Waals surface area contributed by atoms with E-state index in [4.69, 9.17) is 5.73 Å². The fraction of sp³-hybridized carbons (Fsp3) is 0.462. The van der Waals surface area contributed by atoms with E-state index in [1.807, 2.05) is 6.07 Å². The lowest BCUT2D eigenvalue weighted by Crippen LogP contribution is -2.19. The lowest BCUT2D eigenvalue weighted by Gasteiger charge is -2.04. The van der Waals surface area contributed by atoms with Crippen molar-refractivity contribution in [1.82, 2.24) is 5.32 Å². The summed E-state index contributed by atoms with van der Waals surface area (Å²) in [5, 5.41) is 3.36. The number of hydrogen-bond donors (Lipinski definition) is 2. The summed E-state index contributed by atoms with van der Waals surface area (Å²) >= 11 is 0. The number of nitrogens with one attached hydrogen (secondary N) is 1. The molecular formula is C13H20N2O. The summed E-state index contributed by atoms with van der Waals surface area (Å²) in [6.45, 7) is 1.95. The summed E-state index contributed by atoms with van der Waals surface area (Å²) in [6, 6.07) is 10.4. The van der Waals surface area contributed by atoms with E-state index >= 15 is 0 Å². The molecule has 0 spiro atoms. The first-order chi connectivity index (χ1) is 7.79. The van der Waals surface area contributed by atoms with Gasteiger partial charge in [0.15, 0.2) is 0 Å². The van der Waals surface area contributed by atoms with Crippen molar-refractivity contribution in [1.29, 1.82) is 0 Å². The minimum absolute atomic E-state index is 0.204. The van der Waals surface area contributed by atoms with Gasteiger partial charge in [-0.2, -0.15) is 0 Å². The molecule has 0 heterocycles. The molecule has 0 fully saturated rings. The molecule has 0 saturated heterocycles. The zero-order chi connectivity index (χ0) is 11.6. The van der Waals surface area contributed by atoms with Crippen LogP contribution >= 0.6 is 0 Å². The number of nitrogens with two attached hydrogens (primary N) is 1. The van der Waals surface area contributed by atoms with Crippen LogP contribution in [-0.2, 0) is 11.2 Å². The molecule has 88 valence electrons. The van der Waals surface area contributed by atoms with Crippen molar-refractivity contribution < 1.29 is 4.79 Å². The highest BCUT2D eigenvalue weighted by molar-refractivity contribution is 5.73. The van der Waals surface area contributed by atoms with Gasteiger partial charge in [0.05, 0.1) is 0 Å². The molecule has 1 aromatic carbocycles. The van der Waals surface area contributed by atoms with Crippen LogP contribution in [0.2, 0.25) is 0 Å². The van der Waals surface area contributed by atoms with Crippen LogP contribution in [0.3, 0.4) is 0 Å². The quantitative estimate of drug-likeness (QED) is 0.652. The standard InChI is InChI=1S/C13H20N2O/c14-13(16)8-4-5-10-15-11-9-12-6-2-1-3-7-12/h1-3,6-7,15H,4-5,8-11H2,(H2,14,16). The van der Waals surface area contributed by atoms with Crippen LogP contribution in [0, 0.1) is 0 Å². The van der Waals surface area contributed by atoms with Crippen LogP contribution in [0.4, 0.5) is 0 Å². The van der Waals surface area contributed by atoms with Gasteiger partial charge in [0, 0.05) is 6.42 Å². The van der Waals surface area contributed by atoms with Crippen LogP contribution in [0.5, 0.6) is 0 Å². The lowest BCUT2D eigenvalue weighted by molar-refractivity contribution is -0.118. The Kier molecular flexibility index (Phi) is 6.26. The minimum atomic E-state index is -0.204. The predicted octanol–water partition coefficient (Wildman–Crippen LogP) is 1.47. The highest BCUT2D eigenvalue weighted by Crippen LogP contribution is 1.98. The predicted molar refractivity (Wildman–Crippen MR) is 66.1 cm³/mol. The van der Waals surface area contributed by atoms with Gasteiger partial charge in [0.2, 0.25) is 5.91 Å². The van der Waals surface area contributed by atoms with Gasteiger partial charge < -0.3 is 11.1 Å². The summed E-state index contributed by atoms with van der Waals surface area (Å²) in [6.07, 6.45) is 3.45. The van der Waals surface area contributed by atoms with Gasteiger partial charge in [0.25, 0.3) is 0 Å². The second-order valence-electron chi connectivity index (χ2n) is 3.91. The van der Waals surface area contributed by atoms with E-state index in [0.717, 1.165) is 32.4 Å². The topological polar surface area (TPSA) is 55.1 Å². The molecule has 0 aliphatic rings. The summed E-state index contributed by atoms with van der Waals surface area (Å²) < 4.78 is 0. The molecule has 0 atom stereocenters. The highest BCUT2D eigenvalue weighted by atomic mass is 16.1. The van der Waals surface area contributed by atoms with Gasteiger partial charge in [-0.05, 0) is 37.9 Å². The third-order valence-electron chi connectivity index (χ3n) is 2.46. The van der Waals surface area contributed by atoms with Gasteiger partial charge in [-0.15, -0.1) is 0 Å². The van der Waals surface area contributed by atoms with Crippen LogP contribution in [-0.4, -0.2) is 19.0 Å². The van der Waals surface area contributed by atoms with Gasteiger partial charge in [0.1, 0.15) is 0 Å². The molecule has 0 saturated carbocycles. The van der Waals surface area contributed by atoms with E-state index in [1.54, 1.807) is 0 Å². The average molecular weight is 220 g/mol. The molecule has 0 bridgehead atoms. The third-order valence-corrected chi connectivity index (χ3v) is 2.46. The Hall–Kier alpha value is -1.35. The first-order valence-electron chi connectivity index (χ1n) is 5.82. The Morgan fingerprint density at radius 2 is 1.88 bits per heavy atom. The maximum atomic E-state index is 10.5. The highest BCUT2D eigenvalue weighted by Gasteiger charge is 1.94. The van der Waals surface area contributed by atoms with E-state index in [2.05, 4.69) is 29.6 Å². The summed E-state index contributed by atoms with van der Waals surface area (Å²) in [7, 11) is 0. The second kappa shape index (κ2) is 7.88. The number of carbonyl (C=O) groups excluding carboxylic acids is 1. The summed E-state index contributed by atoms with van der Waals surface area (Å²) in [5.74, 6) is -0.204. The maximum Gasteiger partial charge on any atom is 0.217 e. The normalized spacial score (nSPS) is 10.2. The number of primary amides is 1. The minimum Gasteiger partial charge on any atom is -0.370 e. The zero-order valence-corrected chi connectivity index (χ0v) is 9.61. The summed E-state index contributed by atoms with van der Waals surface area (Å²) in [5.41, 5.74) is 6.40. The second-order valence-corrected chi connectivity index (χ2v) is 3.91. The van der Waals surface area contributed by atoms with E-state index < -0.39 is 0 Å². The Morgan fingerprint density at radius 3 is 2.56 bits per heavy atom. The zero-order valence-electron chi connectivity index (χ0n) is 9.61. The van der Waals surface area contributed by atoms with Crippen LogP contribution in [0.15, 0.2) is 30.3 Å². The van der Waals surface area contributed by atoms with E-state index in [0.29, 0.717) is 6.42 Å². The molecule has 0 aromatic heterocycles. The van der Waals surface area contributed by atoms with Gasteiger partial charge in [-0.25, -0.2) is 0 Å². The molecule has 3 heteroatoms. The maximum absolute atomic E-state index is 10.5. The van der Waals surface area contributed by atoms with Crippen LogP contribution in [0.25, 0.3) is 0 Å². The molecule has 3 N–H and O–H groups in total.